The summed E-state index contributed by atoms with van der Waals surface area (Å²) in [7, 11) is 0. The molecule has 0 aromatic carbocycles. The summed E-state index contributed by atoms with van der Waals surface area (Å²) in [5.74, 6) is 0.502. The second kappa shape index (κ2) is 4.26. The van der Waals surface area contributed by atoms with Crippen LogP contribution in [0, 0.1) is 0 Å². The van der Waals surface area contributed by atoms with Crippen LogP contribution in [0.15, 0.2) is 6.20 Å². The van der Waals surface area contributed by atoms with Gasteiger partial charge < -0.3 is 9.47 Å². The van der Waals surface area contributed by atoms with Gasteiger partial charge in [-0.25, -0.2) is 4.98 Å². The lowest BCUT2D eigenvalue weighted by atomic mass is 10.3. The van der Waals surface area contributed by atoms with Gasteiger partial charge in [0.15, 0.2) is 0 Å². The Morgan fingerprint density at radius 2 is 2.69 bits per heavy atom. The van der Waals surface area contributed by atoms with Gasteiger partial charge in [0, 0.05) is 17.5 Å². The van der Waals surface area contributed by atoms with Gasteiger partial charge in [-0.05, 0) is 0 Å². The standard InChI is InChI=1S/C8H10ClNO2S/c9-3-7-4-10-8(13-7)12-6-1-2-11-5-6/h4,6H,1-3,5H2. The summed E-state index contributed by atoms with van der Waals surface area (Å²) in [6.07, 6.45) is 2.88. The molecule has 13 heavy (non-hydrogen) atoms. The van der Waals surface area contributed by atoms with Crippen molar-refractivity contribution < 1.29 is 9.47 Å². The molecule has 0 radical (unpaired) electrons. The van der Waals surface area contributed by atoms with Crippen molar-refractivity contribution in [2.45, 2.75) is 18.4 Å². The summed E-state index contributed by atoms with van der Waals surface area (Å²) >= 11 is 7.15. The van der Waals surface area contributed by atoms with Crippen LogP contribution in [0.3, 0.4) is 0 Å². The van der Waals surface area contributed by atoms with E-state index in [1.54, 1.807) is 6.20 Å². The second-order valence-corrected chi connectivity index (χ2v) is 4.17. The molecule has 1 saturated heterocycles. The normalized spacial score (nSPS) is 22.1. The van der Waals surface area contributed by atoms with Gasteiger partial charge in [0.1, 0.15) is 6.10 Å². The van der Waals surface area contributed by atoms with Crippen LogP contribution in [0.2, 0.25) is 0 Å². The monoisotopic (exact) mass is 219 g/mol. The second-order valence-electron chi connectivity index (χ2n) is 2.83. The van der Waals surface area contributed by atoms with E-state index in [1.807, 2.05) is 0 Å². The van der Waals surface area contributed by atoms with Gasteiger partial charge in [0.25, 0.3) is 5.19 Å². The van der Waals surface area contributed by atoms with Crippen molar-refractivity contribution in [2.75, 3.05) is 13.2 Å². The van der Waals surface area contributed by atoms with Gasteiger partial charge in [-0.3, -0.25) is 0 Å². The van der Waals surface area contributed by atoms with Crippen molar-refractivity contribution in [1.29, 1.82) is 0 Å². The molecule has 1 aliphatic rings. The first-order valence-electron chi connectivity index (χ1n) is 4.13. The fraction of sp³-hybridized carbons (Fsp3) is 0.625. The maximum atomic E-state index is 5.65. The van der Waals surface area contributed by atoms with Gasteiger partial charge in [0.2, 0.25) is 0 Å². The minimum Gasteiger partial charge on any atom is -0.464 e. The summed E-state index contributed by atoms with van der Waals surface area (Å²) < 4.78 is 10.8. The molecule has 1 atom stereocenters. The topological polar surface area (TPSA) is 31.4 Å². The molecule has 3 nitrogen and oxygen atoms in total. The van der Waals surface area contributed by atoms with E-state index in [0.717, 1.165) is 17.9 Å². The van der Waals surface area contributed by atoms with Gasteiger partial charge in [0.05, 0.1) is 19.1 Å². The summed E-state index contributed by atoms with van der Waals surface area (Å²) in [6, 6.07) is 0. The molecule has 1 aromatic rings. The molecule has 1 fully saturated rings. The number of ether oxygens (including phenoxy) is 2. The lowest BCUT2D eigenvalue weighted by molar-refractivity contribution is 0.141. The molecular formula is C8H10ClNO2S. The summed E-state index contributed by atoms with van der Waals surface area (Å²) in [5.41, 5.74) is 0. The quantitative estimate of drug-likeness (QED) is 0.730. The Kier molecular flexibility index (Phi) is 3.03. The third kappa shape index (κ3) is 2.33. The average Bonchev–Trinajstić information content (AvgIpc) is 2.76. The first kappa shape index (κ1) is 9.24. The van der Waals surface area contributed by atoms with Crippen LogP contribution >= 0.6 is 22.9 Å². The smallest absolute Gasteiger partial charge is 0.273 e. The molecule has 72 valence electrons. The van der Waals surface area contributed by atoms with E-state index >= 15 is 0 Å². The van der Waals surface area contributed by atoms with Crippen molar-refractivity contribution in [3.8, 4) is 5.19 Å². The summed E-state index contributed by atoms with van der Waals surface area (Å²) in [6.45, 7) is 1.47. The van der Waals surface area contributed by atoms with E-state index < -0.39 is 0 Å². The highest BCUT2D eigenvalue weighted by atomic mass is 35.5. The SMILES string of the molecule is ClCc1cnc(OC2CCOC2)s1. The molecule has 1 aliphatic heterocycles. The van der Waals surface area contributed by atoms with E-state index in [-0.39, 0.29) is 6.10 Å². The van der Waals surface area contributed by atoms with E-state index in [1.165, 1.54) is 11.3 Å². The Bertz CT molecular complexity index is 273. The first-order chi connectivity index (χ1) is 6.38. The number of nitrogens with zero attached hydrogens (tertiary/aromatic N) is 1. The first-order valence-corrected chi connectivity index (χ1v) is 5.48. The summed E-state index contributed by atoms with van der Waals surface area (Å²) in [4.78, 5) is 5.14. The number of rotatable bonds is 3. The molecule has 0 aliphatic carbocycles. The third-order valence-electron chi connectivity index (χ3n) is 1.82. The van der Waals surface area contributed by atoms with Gasteiger partial charge in [-0.2, -0.15) is 0 Å². The van der Waals surface area contributed by atoms with Crippen molar-refractivity contribution in [2.24, 2.45) is 0 Å². The van der Waals surface area contributed by atoms with Gasteiger partial charge in [-0.1, -0.05) is 11.3 Å². The molecule has 0 spiro atoms. The van der Waals surface area contributed by atoms with E-state index in [2.05, 4.69) is 4.98 Å². The fourth-order valence-corrected chi connectivity index (χ4v) is 2.06. The molecule has 0 bridgehead atoms. The van der Waals surface area contributed by atoms with E-state index in [9.17, 15) is 0 Å². The maximum absolute atomic E-state index is 5.65. The molecule has 2 rings (SSSR count). The van der Waals surface area contributed by atoms with Crippen LogP contribution in [0.4, 0.5) is 0 Å². The van der Waals surface area contributed by atoms with Gasteiger partial charge >= 0.3 is 0 Å². The minimum absolute atomic E-state index is 0.175. The highest BCUT2D eigenvalue weighted by Crippen LogP contribution is 2.24. The molecule has 5 heteroatoms. The Morgan fingerprint density at radius 1 is 1.77 bits per heavy atom. The zero-order valence-electron chi connectivity index (χ0n) is 7.03. The largest absolute Gasteiger partial charge is 0.464 e. The summed E-state index contributed by atoms with van der Waals surface area (Å²) in [5, 5.41) is 0.700. The Labute approximate surface area is 85.6 Å². The number of thiazole rings is 1. The lowest BCUT2D eigenvalue weighted by Crippen LogP contribution is -2.15. The third-order valence-corrected chi connectivity index (χ3v) is 3.15. The highest BCUT2D eigenvalue weighted by molar-refractivity contribution is 7.13. The Morgan fingerprint density at radius 3 is 3.31 bits per heavy atom. The van der Waals surface area contributed by atoms with E-state index in [4.69, 9.17) is 21.1 Å². The predicted molar refractivity (Wildman–Crippen MR) is 51.5 cm³/mol. The highest BCUT2D eigenvalue weighted by Gasteiger charge is 2.18. The number of halogens is 1. The molecule has 0 N–H and O–H groups in total. The van der Waals surface area contributed by atoms with Crippen molar-refractivity contribution in [3.05, 3.63) is 11.1 Å². The van der Waals surface area contributed by atoms with Crippen LogP contribution in [-0.2, 0) is 10.6 Å². The molecular weight excluding hydrogens is 210 g/mol. The number of hydrogen-bond donors (Lipinski definition) is 0. The lowest BCUT2D eigenvalue weighted by Gasteiger charge is -2.06. The van der Waals surface area contributed by atoms with Crippen molar-refractivity contribution in [1.82, 2.24) is 4.98 Å². The molecule has 0 amide bonds. The number of alkyl halides is 1. The van der Waals surface area contributed by atoms with E-state index in [0.29, 0.717) is 17.7 Å². The maximum Gasteiger partial charge on any atom is 0.273 e. The van der Waals surface area contributed by atoms with Crippen molar-refractivity contribution in [3.63, 3.8) is 0 Å². The molecule has 1 aromatic heterocycles. The molecule has 1 unspecified atom stereocenters. The number of aromatic nitrogens is 1. The van der Waals surface area contributed by atoms with Gasteiger partial charge in [-0.15, -0.1) is 11.6 Å². The molecule has 2 heterocycles. The average molecular weight is 220 g/mol. The number of hydrogen-bond acceptors (Lipinski definition) is 4. The van der Waals surface area contributed by atoms with Crippen LogP contribution in [0.25, 0.3) is 0 Å². The van der Waals surface area contributed by atoms with Crippen LogP contribution in [0.1, 0.15) is 11.3 Å². The molecule has 0 saturated carbocycles. The van der Waals surface area contributed by atoms with Crippen LogP contribution < -0.4 is 4.74 Å². The zero-order valence-corrected chi connectivity index (χ0v) is 8.61. The van der Waals surface area contributed by atoms with Crippen LogP contribution in [0.5, 0.6) is 5.19 Å². The fourth-order valence-electron chi connectivity index (χ4n) is 1.15. The Hall–Kier alpha value is -0.320. The van der Waals surface area contributed by atoms with Crippen LogP contribution in [-0.4, -0.2) is 24.3 Å². The van der Waals surface area contributed by atoms with Crippen molar-refractivity contribution >= 4 is 22.9 Å². The minimum atomic E-state index is 0.175. The Balaban J connectivity index is 1.92. The zero-order chi connectivity index (χ0) is 9.10. The predicted octanol–water partition coefficient (Wildman–Crippen LogP) is 2.05.